The van der Waals surface area contributed by atoms with Crippen molar-refractivity contribution in [2.45, 2.75) is 6.18 Å². The lowest BCUT2D eigenvalue weighted by atomic mass is 10.0. The van der Waals surface area contributed by atoms with E-state index >= 15 is 0 Å². The molecule has 0 spiro atoms. The zero-order valence-electron chi connectivity index (χ0n) is 17.9. The van der Waals surface area contributed by atoms with Gasteiger partial charge in [0.15, 0.2) is 6.61 Å². The van der Waals surface area contributed by atoms with E-state index in [2.05, 4.69) is 5.32 Å². The van der Waals surface area contributed by atoms with E-state index in [1.807, 2.05) is 0 Å². The summed E-state index contributed by atoms with van der Waals surface area (Å²) in [6.45, 7) is -0.791. The molecule has 0 fully saturated rings. The van der Waals surface area contributed by atoms with Crippen LogP contribution in [0.3, 0.4) is 0 Å². The molecule has 3 rings (SSSR count). The van der Waals surface area contributed by atoms with E-state index in [1.165, 1.54) is 13.2 Å². The number of hydrogen-bond acceptors (Lipinski definition) is 4. The number of anilines is 1. The van der Waals surface area contributed by atoms with Crippen LogP contribution in [-0.4, -0.2) is 25.6 Å². The number of amides is 1. The highest BCUT2D eigenvalue weighted by molar-refractivity contribution is 6.30. The lowest BCUT2D eigenvalue weighted by Crippen LogP contribution is -2.23. The number of esters is 1. The normalized spacial score (nSPS) is 11.6. The van der Waals surface area contributed by atoms with Gasteiger partial charge in [0, 0.05) is 5.02 Å². The molecule has 3 aromatic carbocycles. The van der Waals surface area contributed by atoms with Crippen LogP contribution >= 0.6 is 11.6 Å². The van der Waals surface area contributed by atoms with Crippen molar-refractivity contribution < 1.29 is 32.2 Å². The average molecular weight is 490 g/mol. The number of carbonyl (C=O) groups excluding carboxylic acids is 2. The molecule has 0 atom stereocenters. The van der Waals surface area contributed by atoms with Crippen molar-refractivity contribution in [3.8, 4) is 5.75 Å². The van der Waals surface area contributed by atoms with Gasteiger partial charge >= 0.3 is 12.1 Å². The summed E-state index contributed by atoms with van der Waals surface area (Å²) in [6, 6.07) is 18.5. The largest absolute Gasteiger partial charge is 0.497 e. The van der Waals surface area contributed by atoms with Crippen LogP contribution in [0.25, 0.3) is 11.6 Å². The Morgan fingerprint density at radius 3 is 2.41 bits per heavy atom. The first kappa shape index (κ1) is 24.9. The minimum absolute atomic E-state index is 0.132. The molecule has 0 saturated carbocycles. The lowest BCUT2D eigenvalue weighted by Gasteiger charge is -2.14. The number of halogens is 4. The fourth-order valence-corrected chi connectivity index (χ4v) is 3.20. The Bertz CT molecular complexity index is 1210. The summed E-state index contributed by atoms with van der Waals surface area (Å²) in [6.07, 6.45) is -3.16. The SMILES string of the molecule is COc1cccc(/C=C(/C(=O)OCC(=O)Nc2ccc(Cl)cc2C(F)(F)F)c2ccccc2)c1. The van der Waals surface area contributed by atoms with Gasteiger partial charge in [-0.05, 0) is 47.5 Å². The van der Waals surface area contributed by atoms with Gasteiger partial charge in [-0.2, -0.15) is 13.2 Å². The maximum atomic E-state index is 13.2. The van der Waals surface area contributed by atoms with E-state index in [0.717, 1.165) is 6.07 Å². The number of methoxy groups -OCH3 is 1. The Morgan fingerprint density at radius 2 is 1.74 bits per heavy atom. The Hall–Kier alpha value is -3.78. The molecule has 0 saturated heterocycles. The van der Waals surface area contributed by atoms with Crippen molar-refractivity contribution in [3.05, 3.63) is 94.5 Å². The molecule has 0 aliphatic carbocycles. The van der Waals surface area contributed by atoms with Crippen molar-refractivity contribution in [1.82, 2.24) is 0 Å². The summed E-state index contributed by atoms with van der Waals surface area (Å²) in [4.78, 5) is 25.1. The second kappa shape index (κ2) is 10.9. The third-order valence-corrected chi connectivity index (χ3v) is 4.84. The van der Waals surface area contributed by atoms with Gasteiger partial charge in [-0.3, -0.25) is 4.79 Å². The van der Waals surface area contributed by atoms with Gasteiger partial charge in [0.05, 0.1) is 23.9 Å². The first-order valence-corrected chi connectivity index (χ1v) is 10.3. The van der Waals surface area contributed by atoms with Crippen LogP contribution in [0.2, 0.25) is 5.02 Å². The Balaban J connectivity index is 1.78. The first-order chi connectivity index (χ1) is 16.2. The van der Waals surface area contributed by atoms with E-state index in [9.17, 15) is 22.8 Å². The number of hydrogen-bond donors (Lipinski definition) is 1. The van der Waals surface area contributed by atoms with Crippen LogP contribution in [0.5, 0.6) is 5.75 Å². The molecule has 34 heavy (non-hydrogen) atoms. The van der Waals surface area contributed by atoms with E-state index in [4.69, 9.17) is 21.1 Å². The molecule has 0 aliphatic rings. The highest BCUT2D eigenvalue weighted by Gasteiger charge is 2.34. The van der Waals surface area contributed by atoms with Crippen LogP contribution in [-0.2, 0) is 20.5 Å². The number of nitrogens with one attached hydrogen (secondary N) is 1. The number of rotatable bonds is 7. The fourth-order valence-electron chi connectivity index (χ4n) is 3.03. The predicted molar refractivity (Wildman–Crippen MR) is 123 cm³/mol. The second-order valence-electron chi connectivity index (χ2n) is 7.01. The van der Waals surface area contributed by atoms with Crippen LogP contribution in [0.4, 0.5) is 18.9 Å². The predicted octanol–water partition coefficient (Wildman–Crippen LogP) is 6.09. The number of alkyl halides is 3. The van der Waals surface area contributed by atoms with Crippen LogP contribution in [0.15, 0.2) is 72.8 Å². The van der Waals surface area contributed by atoms with Gasteiger partial charge < -0.3 is 14.8 Å². The summed E-state index contributed by atoms with van der Waals surface area (Å²) in [5.41, 5.74) is -0.261. The lowest BCUT2D eigenvalue weighted by molar-refractivity contribution is -0.141. The van der Waals surface area contributed by atoms with Crippen LogP contribution < -0.4 is 10.1 Å². The number of ether oxygens (including phenoxy) is 2. The summed E-state index contributed by atoms with van der Waals surface area (Å²) >= 11 is 5.64. The topological polar surface area (TPSA) is 64.6 Å². The molecule has 0 radical (unpaired) electrons. The fraction of sp³-hybridized carbons (Fsp3) is 0.120. The molecule has 0 unspecified atom stereocenters. The van der Waals surface area contributed by atoms with Crippen LogP contribution in [0.1, 0.15) is 16.7 Å². The summed E-state index contributed by atoms with van der Waals surface area (Å²) in [5.74, 6) is -1.18. The Labute approximate surface area is 198 Å². The standard InChI is InChI=1S/C25H19ClF3NO4/c1-33-19-9-5-6-16(12-19)13-20(17-7-3-2-4-8-17)24(32)34-15-23(31)30-22-11-10-18(26)14-21(22)25(27,28)29/h2-14H,15H2,1H3,(H,30,31)/b20-13+. The maximum absolute atomic E-state index is 13.2. The molecule has 0 heterocycles. The van der Waals surface area contributed by atoms with E-state index in [1.54, 1.807) is 60.7 Å². The quantitative estimate of drug-likeness (QED) is 0.248. The molecule has 0 bridgehead atoms. The Kier molecular flexibility index (Phi) is 7.96. The molecule has 9 heteroatoms. The average Bonchev–Trinajstić information content (AvgIpc) is 2.82. The van der Waals surface area contributed by atoms with E-state index in [0.29, 0.717) is 22.9 Å². The molecular formula is C25H19ClF3NO4. The van der Waals surface area contributed by atoms with E-state index in [-0.39, 0.29) is 10.6 Å². The molecule has 1 N–H and O–H groups in total. The molecule has 3 aromatic rings. The number of carbonyl (C=O) groups is 2. The summed E-state index contributed by atoms with van der Waals surface area (Å²) in [5, 5.41) is 1.98. The zero-order valence-corrected chi connectivity index (χ0v) is 18.6. The van der Waals surface area contributed by atoms with Gasteiger partial charge in [-0.1, -0.05) is 54.1 Å². The highest BCUT2D eigenvalue weighted by atomic mass is 35.5. The van der Waals surface area contributed by atoms with Crippen molar-refractivity contribution in [2.75, 3.05) is 19.0 Å². The zero-order chi connectivity index (χ0) is 24.7. The smallest absolute Gasteiger partial charge is 0.418 e. The van der Waals surface area contributed by atoms with Crippen molar-refractivity contribution in [2.24, 2.45) is 0 Å². The van der Waals surface area contributed by atoms with Crippen LogP contribution in [0, 0.1) is 0 Å². The van der Waals surface area contributed by atoms with Gasteiger partial charge in [-0.25, -0.2) is 4.79 Å². The van der Waals surface area contributed by atoms with Crippen molar-refractivity contribution >= 4 is 40.8 Å². The van der Waals surface area contributed by atoms with Gasteiger partial charge in [0.1, 0.15) is 5.75 Å². The monoisotopic (exact) mass is 489 g/mol. The Morgan fingerprint density at radius 1 is 1.00 bits per heavy atom. The van der Waals surface area contributed by atoms with E-state index < -0.39 is 35.9 Å². The highest BCUT2D eigenvalue weighted by Crippen LogP contribution is 2.36. The minimum Gasteiger partial charge on any atom is -0.497 e. The second-order valence-corrected chi connectivity index (χ2v) is 7.45. The minimum atomic E-state index is -4.73. The van der Waals surface area contributed by atoms with Gasteiger partial charge in [-0.15, -0.1) is 0 Å². The van der Waals surface area contributed by atoms with Gasteiger partial charge in [0.2, 0.25) is 0 Å². The third kappa shape index (κ3) is 6.62. The molecular weight excluding hydrogens is 471 g/mol. The molecule has 1 amide bonds. The summed E-state index contributed by atoms with van der Waals surface area (Å²) < 4.78 is 50.0. The van der Waals surface area contributed by atoms with Gasteiger partial charge in [0.25, 0.3) is 5.91 Å². The van der Waals surface area contributed by atoms with Crippen molar-refractivity contribution in [1.29, 1.82) is 0 Å². The summed E-state index contributed by atoms with van der Waals surface area (Å²) in [7, 11) is 1.51. The molecule has 5 nitrogen and oxygen atoms in total. The number of benzene rings is 3. The maximum Gasteiger partial charge on any atom is 0.418 e. The molecule has 0 aliphatic heterocycles. The first-order valence-electron chi connectivity index (χ1n) is 9.92. The molecule has 176 valence electrons. The third-order valence-electron chi connectivity index (χ3n) is 4.60. The molecule has 0 aromatic heterocycles. The van der Waals surface area contributed by atoms with Crippen molar-refractivity contribution in [3.63, 3.8) is 0 Å².